The van der Waals surface area contributed by atoms with Gasteiger partial charge in [0.1, 0.15) is 0 Å². The van der Waals surface area contributed by atoms with Crippen molar-refractivity contribution in [3.05, 3.63) is 35.9 Å². The van der Waals surface area contributed by atoms with E-state index in [1.54, 1.807) is 0 Å². The lowest BCUT2D eigenvalue weighted by Gasteiger charge is -2.31. The Bertz CT molecular complexity index is 371. The maximum absolute atomic E-state index is 10.6. The van der Waals surface area contributed by atoms with E-state index in [2.05, 4.69) is 43.5 Å². The van der Waals surface area contributed by atoms with Crippen LogP contribution in [-0.2, 0) is 6.54 Å². The largest absolute Gasteiger partial charge is 0.465 e. The van der Waals surface area contributed by atoms with Gasteiger partial charge in [-0.2, -0.15) is 0 Å². The highest BCUT2D eigenvalue weighted by atomic mass is 16.4. The molecule has 0 bridgehead atoms. The molecule has 0 heterocycles. The van der Waals surface area contributed by atoms with Crippen LogP contribution in [0, 0.1) is 5.41 Å². The first-order valence-electron chi connectivity index (χ1n) is 6.13. The van der Waals surface area contributed by atoms with Gasteiger partial charge in [-0.15, -0.1) is 0 Å². The van der Waals surface area contributed by atoms with E-state index in [0.717, 1.165) is 6.54 Å². The van der Waals surface area contributed by atoms with Crippen LogP contribution < -0.4 is 10.6 Å². The molecule has 100 valence electrons. The number of carboxylic acid groups (broad SMARTS) is 1. The van der Waals surface area contributed by atoms with Crippen molar-refractivity contribution in [1.29, 1.82) is 0 Å². The summed E-state index contributed by atoms with van der Waals surface area (Å²) in [6.45, 7) is 7.44. The van der Waals surface area contributed by atoms with Gasteiger partial charge in [0.05, 0.1) is 0 Å². The van der Waals surface area contributed by atoms with Gasteiger partial charge in [-0.3, -0.25) is 0 Å². The third-order valence-corrected chi connectivity index (χ3v) is 2.90. The highest BCUT2D eigenvalue weighted by Gasteiger charge is 2.24. The molecule has 18 heavy (non-hydrogen) atoms. The average Bonchev–Trinajstić information content (AvgIpc) is 2.28. The Morgan fingerprint density at radius 2 is 1.89 bits per heavy atom. The molecular weight excluding hydrogens is 228 g/mol. The molecule has 4 nitrogen and oxygen atoms in total. The van der Waals surface area contributed by atoms with Crippen molar-refractivity contribution in [3.8, 4) is 0 Å². The minimum absolute atomic E-state index is 0.00275. The second-order valence-electron chi connectivity index (χ2n) is 5.47. The normalized spacial score (nSPS) is 13.1. The second-order valence-corrected chi connectivity index (χ2v) is 5.47. The molecule has 4 heteroatoms. The van der Waals surface area contributed by atoms with E-state index in [0.29, 0.717) is 6.54 Å². The Morgan fingerprint density at radius 3 is 2.39 bits per heavy atom. The number of carbonyl (C=O) groups is 1. The quantitative estimate of drug-likeness (QED) is 0.752. The topological polar surface area (TPSA) is 61.4 Å². The predicted octanol–water partition coefficient (Wildman–Crippen LogP) is 2.46. The standard InChI is InChI=1S/C14H22N2O2/c1-14(2,3)12(10-16-13(17)18)15-9-11-7-5-4-6-8-11/h4-8,12,15-16H,9-10H2,1-3H3,(H,17,18). The lowest BCUT2D eigenvalue weighted by molar-refractivity contribution is 0.186. The maximum Gasteiger partial charge on any atom is 0.404 e. The van der Waals surface area contributed by atoms with Crippen molar-refractivity contribution in [2.75, 3.05) is 6.54 Å². The minimum atomic E-state index is -0.981. The van der Waals surface area contributed by atoms with Crippen LogP contribution in [0.2, 0.25) is 0 Å². The lowest BCUT2D eigenvalue weighted by atomic mass is 9.86. The molecule has 0 saturated heterocycles. The Morgan fingerprint density at radius 1 is 1.28 bits per heavy atom. The van der Waals surface area contributed by atoms with Crippen LogP contribution >= 0.6 is 0 Å². The Kier molecular flexibility index (Phi) is 5.16. The molecule has 0 fully saturated rings. The van der Waals surface area contributed by atoms with Crippen molar-refractivity contribution in [1.82, 2.24) is 10.6 Å². The van der Waals surface area contributed by atoms with E-state index in [1.807, 2.05) is 18.2 Å². The molecule has 0 aliphatic rings. The Balaban J connectivity index is 2.54. The molecule has 0 aromatic heterocycles. The summed E-state index contributed by atoms with van der Waals surface area (Å²) in [7, 11) is 0. The summed E-state index contributed by atoms with van der Waals surface area (Å²) in [5.74, 6) is 0. The van der Waals surface area contributed by atoms with Gasteiger partial charge in [0.25, 0.3) is 0 Å². The van der Waals surface area contributed by atoms with Gasteiger partial charge in [-0.25, -0.2) is 4.79 Å². The van der Waals surface area contributed by atoms with Gasteiger partial charge in [-0.1, -0.05) is 51.1 Å². The van der Waals surface area contributed by atoms with Crippen molar-refractivity contribution < 1.29 is 9.90 Å². The van der Waals surface area contributed by atoms with E-state index >= 15 is 0 Å². The number of hydrogen-bond donors (Lipinski definition) is 3. The summed E-state index contributed by atoms with van der Waals surface area (Å²) in [6, 6.07) is 10.2. The highest BCUT2D eigenvalue weighted by Crippen LogP contribution is 2.19. The van der Waals surface area contributed by atoms with E-state index in [9.17, 15) is 4.79 Å². The smallest absolute Gasteiger partial charge is 0.404 e. The van der Waals surface area contributed by atoms with E-state index in [-0.39, 0.29) is 11.5 Å². The van der Waals surface area contributed by atoms with Crippen LogP contribution in [0.15, 0.2) is 30.3 Å². The fourth-order valence-corrected chi connectivity index (χ4v) is 1.71. The number of benzene rings is 1. The van der Waals surface area contributed by atoms with Crippen molar-refractivity contribution >= 4 is 6.09 Å². The van der Waals surface area contributed by atoms with Crippen molar-refractivity contribution in [2.24, 2.45) is 5.41 Å². The SMILES string of the molecule is CC(C)(C)C(CNC(=O)O)NCc1ccccc1. The van der Waals surface area contributed by atoms with E-state index in [4.69, 9.17) is 5.11 Å². The monoisotopic (exact) mass is 250 g/mol. The molecule has 0 aliphatic heterocycles. The Hall–Kier alpha value is -1.55. The lowest BCUT2D eigenvalue weighted by Crippen LogP contribution is -2.48. The van der Waals surface area contributed by atoms with E-state index < -0.39 is 6.09 Å². The first-order valence-corrected chi connectivity index (χ1v) is 6.13. The van der Waals surface area contributed by atoms with Crippen LogP contribution in [-0.4, -0.2) is 23.8 Å². The zero-order valence-electron chi connectivity index (χ0n) is 11.2. The number of amides is 1. The van der Waals surface area contributed by atoms with Crippen molar-refractivity contribution in [2.45, 2.75) is 33.4 Å². The molecule has 1 rings (SSSR count). The summed E-state index contributed by atoms with van der Waals surface area (Å²) in [5, 5.41) is 14.5. The van der Waals surface area contributed by atoms with Crippen LogP contribution in [0.4, 0.5) is 4.79 Å². The molecule has 0 radical (unpaired) electrons. The van der Waals surface area contributed by atoms with Crippen LogP contribution in [0.25, 0.3) is 0 Å². The third-order valence-electron chi connectivity index (χ3n) is 2.90. The average molecular weight is 250 g/mol. The first-order chi connectivity index (χ1) is 8.39. The van der Waals surface area contributed by atoms with Gasteiger partial charge in [0.2, 0.25) is 0 Å². The molecule has 1 atom stereocenters. The number of hydrogen-bond acceptors (Lipinski definition) is 2. The van der Waals surface area contributed by atoms with Gasteiger partial charge in [0, 0.05) is 19.1 Å². The molecule has 0 spiro atoms. The second kappa shape index (κ2) is 6.40. The molecule has 1 unspecified atom stereocenters. The fourth-order valence-electron chi connectivity index (χ4n) is 1.71. The van der Waals surface area contributed by atoms with Crippen LogP contribution in [0.3, 0.4) is 0 Å². The molecule has 1 amide bonds. The van der Waals surface area contributed by atoms with Crippen molar-refractivity contribution in [3.63, 3.8) is 0 Å². The van der Waals surface area contributed by atoms with Gasteiger partial charge in [0.15, 0.2) is 0 Å². The molecule has 0 aliphatic carbocycles. The zero-order valence-corrected chi connectivity index (χ0v) is 11.2. The van der Waals surface area contributed by atoms with Crippen LogP contribution in [0.1, 0.15) is 26.3 Å². The molecule has 3 N–H and O–H groups in total. The molecule has 1 aromatic rings. The minimum Gasteiger partial charge on any atom is -0.465 e. The molecular formula is C14H22N2O2. The number of rotatable bonds is 5. The first kappa shape index (κ1) is 14.5. The highest BCUT2D eigenvalue weighted by molar-refractivity contribution is 5.64. The molecule has 1 aromatic carbocycles. The van der Waals surface area contributed by atoms with Gasteiger partial charge in [-0.05, 0) is 11.0 Å². The summed E-state index contributed by atoms with van der Waals surface area (Å²) in [4.78, 5) is 10.6. The predicted molar refractivity (Wildman–Crippen MR) is 72.6 cm³/mol. The number of nitrogens with one attached hydrogen (secondary N) is 2. The summed E-state index contributed by atoms with van der Waals surface area (Å²) < 4.78 is 0. The summed E-state index contributed by atoms with van der Waals surface area (Å²) >= 11 is 0. The van der Waals surface area contributed by atoms with Crippen LogP contribution in [0.5, 0.6) is 0 Å². The zero-order chi connectivity index (χ0) is 13.6. The molecule has 0 saturated carbocycles. The Labute approximate surface area is 108 Å². The summed E-state index contributed by atoms with van der Waals surface area (Å²) in [5.41, 5.74) is 1.19. The van der Waals surface area contributed by atoms with Gasteiger partial charge >= 0.3 is 6.09 Å². The third kappa shape index (κ3) is 5.19. The maximum atomic E-state index is 10.6. The fraction of sp³-hybridized carbons (Fsp3) is 0.500. The van der Waals surface area contributed by atoms with Gasteiger partial charge < -0.3 is 15.7 Å². The van der Waals surface area contributed by atoms with E-state index in [1.165, 1.54) is 5.56 Å². The summed E-state index contributed by atoms with van der Waals surface area (Å²) in [6.07, 6.45) is -0.981.